The second-order valence-corrected chi connectivity index (χ2v) is 21.4. The van der Waals surface area contributed by atoms with E-state index in [0.29, 0.717) is 19.3 Å². The fraction of sp³-hybridized carbons (Fsp3) is 0.902. The number of ether oxygens (including phenoxy) is 5. The molecule has 0 spiro atoms. The second-order valence-electron chi connectivity index (χ2n) is 21.4. The van der Waals surface area contributed by atoms with Crippen LogP contribution in [0.1, 0.15) is 303 Å². The highest BCUT2D eigenvalue weighted by molar-refractivity contribution is 5.74. The summed E-state index contributed by atoms with van der Waals surface area (Å²) >= 11 is 0. The zero-order valence-electron chi connectivity index (χ0n) is 47.2. The van der Waals surface area contributed by atoms with Crippen molar-refractivity contribution in [2.45, 2.75) is 340 Å². The minimum Gasteiger partial charge on any atom is -0.479 e. The molecule has 0 amide bonds. The molecule has 0 aromatic rings. The second kappa shape index (κ2) is 50.3. The van der Waals surface area contributed by atoms with Crippen LogP contribution >= 0.6 is 0 Å². The normalized spacial score (nSPS) is 18.3. The van der Waals surface area contributed by atoms with Gasteiger partial charge in [0.05, 0.1) is 6.61 Å². The molecule has 0 radical (unpaired) electrons. The molecule has 0 saturated carbocycles. The van der Waals surface area contributed by atoms with Crippen molar-refractivity contribution in [3.05, 3.63) is 12.2 Å². The summed E-state index contributed by atoms with van der Waals surface area (Å²) in [5, 5.41) is 31.4. The smallest absolute Gasteiger partial charge is 0.335 e. The number of allylic oxidation sites excluding steroid dienone is 2. The van der Waals surface area contributed by atoms with Crippen LogP contribution in [-0.2, 0) is 42.9 Å². The molecule has 0 aliphatic carbocycles. The molecule has 1 saturated heterocycles. The van der Waals surface area contributed by atoms with Crippen LogP contribution in [0.4, 0.5) is 0 Å². The first-order valence-corrected chi connectivity index (χ1v) is 30.7. The van der Waals surface area contributed by atoms with Gasteiger partial charge in [0.15, 0.2) is 24.6 Å². The highest BCUT2D eigenvalue weighted by atomic mass is 16.7. The highest BCUT2D eigenvalue weighted by Gasteiger charge is 2.50. The molecule has 3 N–H and O–H groups in total. The SMILES string of the molecule is CCCCCCCC/C=C\CCCCCCCC(=O)OC(COC(=O)CCCCCCCCCCCCCCCCCCCCC)COC1OC(C(=O)O)C(O)C(O)C1OC(=O)CCCCCCCCCCC. The predicted molar refractivity (Wildman–Crippen MR) is 294 cm³/mol. The first-order chi connectivity index (χ1) is 35.6. The Balaban J connectivity index is 2.62. The summed E-state index contributed by atoms with van der Waals surface area (Å²) in [5.41, 5.74) is 0. The van der Waals surface area contributed by atoms with Crippen LogP contribution in [0.25, 0.3) is 0 Å². The van der Waals surface area contributed by atoms with Crippen LogP contribution in [0.15, 0.2) is 12.2 Å². The number of hydrogen-bond donors (Lipinski definition) is 3. The molecule has 0 aromatic heterocycles. The fourth-order valence-electron chi connectivity index (χ4n) is 9.60. The summed E-state index contributed by atoms with van der Waals surface area (Å²) in [6.07, 6.45) is 43.4. The number of esters is 3. The van der Waals surface area contributed by atoms with Crippen LogP contribution in [0, 0.1) is 0 Å². The summed E-state index contributed by atoms with van der Waals surface area (Å²) in [7, 11) is 0. The molecular weight excluding hydrogens is 925 g/mol. The van der Waals surface area contributed by atoms with E-state index in [9.17, 15) is 34.5 Å². The standard InChI is InChI=1S/C61H112O12/c1-4-7-10-13-16-19-21-23-25-26-27-28-30-31-33-36-38-41-44-47-53(62)69-50-52(71-54(63)48-45-42-40-37-34-32-29-24-22-20-17-14-11-8-5-2)51-70-61-59(57(66)56(65)58(73-61)60(67)68)72-55(64)49-46-43-39-35-18-15-12-9-6-3/h24,29,52,56-59,61,65-66H,4-23,25-28,30-51H2,1-3H3,(H,67,68)/b29-24-. The summed E-state index contributed by atoms with van der Waals surface area (Å²) < 4.78 is 28.4. The van der Waals surface area contributed by atoms with Gasteiger partial charge in [-0.3, -0.25) is 14.4 Å². The molecule has 6 unspecified atom stereocenters. The minimum atomic E-state index is -1.90. The Morgan fingerprint density at radius 1 is 0.438 bits per heavy atom. The fourth-order valence-corrected chi connectivity index (χ4v) is 9.60. The number of carboxylic acids is 1. The molecule has 0 bridgehead atoms. The highest BCUT2D eigenvalue weighted by Crippen LogP contribution is 2.27. The summed E-state index contributed by atoms with van der Waals surface area (Å²) in [6.45, 7) is 5.99. The van der Waals surface area contributed by atoms with E-state index in [0.717, 1.165) is 83.5 Å². The number of aliphatic hydroxyl groups excluding tert-OH is 2. The van der Waals surface area contributed by atoms with Crippen molar-refractivity contribution in [1.29, 1.82) is 0 Å². The molecule has 12 nitrogen and oxygen atoms in total. The van der Waals surface area contributed by atoms with Crippen molar-refractivity contribution >= 4 is 23.9 Å². The van der Waals surface area contributed by atoms with Crippen molar-refractivity contribution in [2.75, 3.05) is 13.2 Å². The molecule has 428 valence electrons. The zero-order valence-corrected chi connectivity index (χ0v) is 47.2. The van der Waals surface area contributed by atoms with Crippen molar-refractivity contribution in [3.63, 3.8) is 0 Å². The van der Waals surface area contributed by atoms with Gasteiger partial charge >= 0.3 is 23.9 Å². The van der Waals surface area contributed by atoms with Gasteiger partial charge in [-0.05, 0) is 44.9 Å². The maximum Gasteiger partial charge on any atom is 0.335 e. The Bertz CT molecular complexity index is 1320. The van der Waals surface area contributed by atoms with E-state index in [1.807, 2.05) is 0 Å². The van der Waals surface area contributed by atoms with Gasteiger partial charge in [0.2, 0.25) is 0 Å². The van der Waals surface area contributed by atoms with E-state index in [1.165, 1.54) is 161 Å². The zero-order chi connectivity index (χ0) is 53.3. The topological polar surface area (TPSA) is 175 Å². The van der Waals surface area contributed by atoms with Crippen molar-refractivity contribution in [3.8, 4) is 0 Å². The number of hydrogen-bond acceptors (Lipinski definition) is 11. The molecule has 73 heavy (non-hydrogen) atoms. The number of aliphatic carboxylic acids is 1. The maximum absolute atomic E-state index is 13.1. The average Bonchev–Trinajstić information content (AvgIpc) is 3.37. The molecule has 1 rings (SSSR count). The van der Waals surface area contributed by atoms with Crippen LogP contribution in [0.2, 0.25) is 0 Å². The van der Waals surface area contributed by atoms with E-state index in [1.54, 1.807) is 0 Å². The number of carbonyl (C=O) groups is 4. The first-order valence-electron chi connectivity index (χ1n) is 30.7. The third-order valence-electron chi connectivity index (χ3n) is 14.3. The number of carboxylic acid groups (broad SMARTS) is 1. The average molecular weight is 1040 g/mol. The third-order valence-corrected chi connectivity index (χ3v) is 14.3. The Hall–Kier alpha value is -2.54. The van der Waals surface area contributed by atoms with Crippen LogP contribution in [0.3, 0.4) is 0 Å². The lowest BCUT2D eigenvalue weighted by molar-refractivity contribution is -0.301. The molecule has 1 heterocycles. The van der Waals surface area contributed by atoms with Crippen molar-refractivity contribution < 1.29 is 58.2 Å². The maximum atomic E-state index is 13.1. The van der Waals surface area contributed by atoms with Gasteiger partial charge in [0, 0.05) is 19.3 Å². The number of unbranched alkanes of at least 4 members (excludes halogenated alkanes) is 37. The molecule has 0 aromatic carbocycles. The van der Waals surface area contributed by atoms with Gasteiger partial charge in [-0.2, -0.15) is 0 Å². The van der Waals surface area contributed by atoms with Gasteiger partial charge in [-0.25, -0.2) is 4.79 Å². The van der Waals surface area contributed by atoms with E-state index >= 15 is 0 Å². The Morgan fingerprint density at radius 2 is 0.781 bits per heavy atom. The lowest BCUT2D eigenvalue weighted by Gasteiger charge is -2.40. The van der Waals surface area contributed by atoms with Crippen LogP contribution < -0.4 is 0 Å². The van der Waals surface area contributed by atoms with Gasteiger partial charge in [0.25, 0.3) is 0 Å². The summed E-state index contributed by atoms with van der Waals surface area (Å²) in [4.78, 5) is 51.0. The van der Waals surface area contributed by atoms with Crippen molar-refractivity contribution in [2.24, 2.45) is 0 Å². The van der Waals surface area contributed by atoms with E-state index in [2.05, 4.69) is 32.9 Å². The van der Waals surface area contributed by atoms with Crippen molar-refractivity contribution in [1.82, 2.24) is 0 Å². The lowest BCUT2D eigenvalue weighted by atomic mass is 9.98. The molecule has 1 fully saturated rings. The summed E-state index contributed by atoms with van der Waals surface area (Å²) in [6, 6.07) is 0. The number of rotatable bonds is 53. The minimum absolute atomic E-state index is 0.0658. The van der Waals surface area contributed by atoms with Gasteiger partial charge in [0.1, 0.15) is 18.8 Å². The van der Waals surface area contributed by atoms with E-state index in [-0.39, 0.29) is 25.9 Å². The van der Waals surface area contributed by atoms with E-state index < -0.39 is 67.3 Å². The Labute approximate surface area is 446 Å². The van der Waals surface area contributed by atoms with Gasteiger partial charge in [-0.1, -0.05) is 251 Å². The quantitative estimate of drug-likeness (QED) is 0.0228. The van der Waals surface area contributed by atoms with Crippen LogP contribution in [0.5, 0.6) is 0 Å². The van der Waals surface area contributed by atoms with Gasteiger partial charge < -0.3 is 39.0 Å². The number of carbonyl (C=O) groups excluding carboxylic acids is 3. The van der Waals surface area contributed by atoms with Crippen LogP contribution in [-0.4, -0.2) is 89.2 Å². The lowest BCUT2D eigenvalue weighted by Crippen LogP contribution is -2.61. The Kier molecular flexibility index (Phi) is 47.2. The molecule has 1 aliphatic heterocycles. The predicted octanol–water partition coefficient (Wildman–Crippen LogP) is 15.7. The number of aliphatic hydroxyl groups is 2. The summed E-state index contributed by atoms with van der Waals surface area (Å²) in [5.74, 6) is -3.09. The first kappa shape index (κ1) is 68.5. The third kappa shape index (κ3) is 40.4. The monoisotopic (exact) mass is 1040 g/mol. The molecule has 1 aliphatic rings. The molecular formula is C61H112O12. The molecule has 6 atom stereocenters. The van der Waals surface area contributed by atoms with E-state index in [4.69, 9.17) is 23.7 Å². The van der Waals surface area contributed by atoms with Gasteiger partial charge in [-0.15, -0.1) is 0 Å². The molecule has 12 heteroatoms. The largest absolute Gasteiger partial charge is 0.479 e. The Morgan fingerprint density at radius 3 is 1.16 bits per heavy atom.